The number of carbonyl (C=O) groups is 1. The smallest absolute Gasteiger partial charge is 0.341 e. The normalized spacial score (nSPS) is 14.0. The van der Waals surface area contributed by atoms with Crippen LogP contribution >= 0.6 is 0 Å². The largest absolute Gasteiger partial charge is 0.482 e. The van der Waals surface area contributed by atoms with E-state index in [4.69, 9.17) is 14.6 Å². The number of hydrogen-bond donors (Lipinski definition) is 1. The maximum Gasteiger partial charge on any atom is 0.341 e. The lowest BCUT2D eigenvalue weighted by atomic mass is 9.86. The lowest BCUT2D eigenvalue weighted by molar-refractivity contribution is -0.139. The summed E-state index contributed by atoms with van der Waals surface area (Å²) in [6.07, 6.45) is 8.59. The van der Waals surface area contributed by atoms with Crippen LogP contribution in [0, 0.1) is 0 Å². The highest BCUT2D eigenvalue weighted by molar-refractivity contribution is 5.73. The molecule has 0 saturated carbocycles. The number of hydrogen-bond acceptors (Lipinski definition) is 4. The number of nitrogens with zero attached hydrogens (tertiary/aromatic N) is 2. The number of aliphatic carboxylic acids is 1. The highest BCUT2D eigenvalue weighted by Crippen LogP contribution is 2.36. The topological polar surface area (TPSA) is 73.6 Å². The number of ether oxygens (including phenoxy) is 2. The second-order valence-electron chi connectivity index (χ2n) is 8.70. The molecule has 0 unspecified atom stereocenters. The molecule has 0 fully saturated rings. The molecule has 0 amide bonds. The second kappa shape index (κ2) is 11.0. The van der Waals surface area contributed by atoms with Crippen molar-refractivity contribution in [3.8, 4) is 11.8 Å². The zero-order valence-corrected chi connectivity index (χ0v) is 19.9. The molecule has 0 atom stereocenters. The summed E-state index contributed by atoms with van der Waals surface area (Å²) in [7, 11) is 0. The lowest BCUT2D eigenvalue weighted by Gasteiger charge is -2.23. The molecular weight excluding hydrogens is 452 g/mol. The Kier molecular flexibility index (Phi) is 7.12. The molecular formula is C30H28N2O4. The van der Waals surface area contributed by atoms with Crippen LogP contribution in [0.3, 0.4) is 0 Å². The average Bonchev–Trinajstić information content (AvgIpc) is 3.37. The molecule has 1 aliphatic rings. The van der Waals surface area contributed by atoms with Crippen LogP contribution < -0.4 is 9.47 Å². The summed E-state index contributed by atoms with van der Waals surface area (Å²) in [5.74, 6) is -0.335. The first kappa shape index (κ1) is 23.4. The van der Waals surface area contributed by atoms with Gasteiger partial charge in [-0.15, -0.1) is 0 Å². The van der Waals surface area contributed by atoms with Gasteiger partial charge in [0.15, 0.2) is 6.61 Å². The SMILES string of the molecule is O=C(O)COc1cccc2c1CCC/C2=C/COc1nccn1C(c1ccccc1)c1ccccc1. The first-order valence-corrected chi connectivity index (χ1v) is 12.1. The van der Waals surface area contributed by atoms with Crippen molar-refractivity contribution < 1.29 is 19.4 Å². The van der Waals surface area contributed by atoms with Gasteiger partial charge in [-0.25, -0.2) is 9.78 Å². The molecule has 6 nitrogen and oxygen atoms in total. The van der Waals surface area contributed by atoms with Crippen molar-refractivity contribution in [3.05, 3.63) is 120 Å². The van der Waals surface area contributed by atoms with Crippen molar-refractivity contribution >= 4 is 11.5 Å². The van der Waals surface area contributed by atoms with Crippen LogP contribution in [0.1, 0.15) is 41.1 Å². The van der Waals surface area contributed by atoms with Crippen LogP contribution in [0.15, 0.2) is 97.3 Å². The van der Waals surface area contributed by atoms with E-state index in [1.54, 1.807) is 6.20 Å². The van der Waals surface area contributed by atoms with Crippen LogP contribution in [-0.4, -0.2) is 33.8 Å². The van der Waals surface area contributed by atoms with Crippen LogP contribution in [0.4, 0.5) is 0 Å². The van der Waals surface area contributed by atoms with Crippen molar-refractivity contribution in [2.75, 3.05) is 13.2 Å². The first-order chi connectivity index (χ1) is 17.7. The Labute approximate surface area is 210 Å². The van der Waals surface area contributed by atoms with Crippen LogP contribution in [0.2, 0.25) is 0 Å². The maximum absolute atomic E-state index is 11.0. The first-order valence-electron chi connectivity index (χ1n) is 12.1. The quantitative estimate of drug-likeness (QED) is 0.329. The standard InChI is InChI=1S/C30H28N2O4/c33-28(34)21-36-27-16-8-14-25-22(13-7-15-26(25)27)17-20-35-30-31-18-19-32(30)29(23-9-3-1-4-10-23)24-11-5-2-6-12-24/h1-6,8-12,14,16-19,29H,7,13,15,20-21H2,(H,33,34)/b22-17-. The molecule has 4 aromatic rings. The van der Waals surface area contributed by atoms with E-state index < -0.39 is 5.97 Å². The second-order valence-corrected chi connectivity index (χ2v) is 8.70. The van der Waals surface area contributed by atoms with Crippen LogP contribution in [0.5, 0.6) is 11.8 Å². The molecule has 1 heterocycles. The Balaban J connectivity index is 1.38. The van der Waals surface area contributed by atoms with Crippen molar-refractivity contribution in [1.82, 2.24) is 9.55 Å². The predicted molar refractivity (Wildman–Crippen MR) is 138 cm³/mol. The highest BCUT2D eigenvalue weighted by atomic mass is 16.5. The van der Waals surface area contributed by atoms with Gasteiger partial charge in [0.2, 0.25) is 0 Å². The Morgan fingerprint density at radius 2 is 1.67 bits per heavy atom. The van der Waals surface area contributed by atoms with Gasteiger partial charge in [-0.1, -0.05) is 72.8 Å². The number of allylic oxidation sites excluding steroid dienone is 1. The minimum Gasteiger partial charge on any atom is -0.482 e. The summed E-state index contributed by atoms with van der Waals surface area (Å²) >= 11 is 0. The van der Waals surface area contributed by atoms with Gasteiger partial charge in [-0.3, -0.25) is 4.57 Å². The molecule has 3 aromatic carbocycles. The molecule has 1 aromatic heterocycles. The number of imidazole rings is 1. The van der Waals surface area contributed by atoms with E-state index in [1.165, 1.54) is 5.57 Å². The maximum atomic E-state index is 11.0. The van der Waals surface area contributed by atoms with Crippen molar-refractivity contribution in [1.29, 1.82) is 0 Å². The summed E-state index contributed by atoms with van der Waals surface area (Å²) in [6.45, 7) is 0.0353. The lowest BCUT2D eigenvalue weighted by Crippen LogP contribution is -2.14. The molecule has 0 aliphatic heterocycles. The highest BCUT2D eigenvalue weighted by Gasteiger charge is 2.21. The molecule has 1 N–H and O–H groups in total. The third-order valence-electron chi connectivity index (χ3n) is 6.39. The monoisotopic (exact) mass is 480 g/mol. The summed E-state index contributed by atoms with van der Waals surface area (Å²) in [5.41, 5.74) is 5.64. The fourth-order valence-electron chi connectivity index (χ4n) is 4.81. The van der Waals surface area contributed by atoms with Crippen molar-refractivity contribution in [2.24, 2.45) is 0 Å². The van der Waals surface area contributed by atoms with Crippen LogP contribution in [0.25, 0.3) is 5.57 Å². The van der Waals surface area contributed by atoms with E-state index in [2.05, 4.69) is 46.0 Å². The molecule has 6 heteroatoms. The van der Waals surface area contributed by atoms with Gasteiger partial charge in [0.05, 0.1) is 6.04 Å². The fourth-order valence-corrected chi connectivity index (χ4v) is 4.81. The Hall–Kier alpha value is -4.32. The zero-order valence-electron chi connectivity index (χ0n) is 19.9. The van der Waals surface area contributed by atoms with E-state index in [9.17, 15) is 4.79 Å². The Bertz CT molecular complexity index is 1310. The fraction of sp³-hybridized carbons (Fsp3) is 0.200. The summed E-state index contributed by atoms with van der Waals surface area (Å²) in [5, 5.41) is 8.98. The van der Waals surface area contributed by atoms with Gasteiger partial charge >= 0.3 is 5.97 Å². The van der Waals surface area contributed by atoms with Gasteiger partial charge in [0.25, 0.3) is 6.01 Å². The number of aromatic nitrogens is 2. The van der Waals surface area contributed by atoms with Crippen molar-refractivity contribution in [2.45, 2.75) is 25.3 Å². The minimum atomic E-state index is -0.979. The minimum absolute atomic E-state index is 0.0538. The molecule has 5 rings (SSSR count). The van der Waals surface area contributed by atoms with E-state index in [-0.39, 0.29) is 12.6 Å². The third kappa shape index (κ3) is 5.18. The molecule has 1 aliphatic carbocycles. The van der Waals surface area contributed by atoms with Gasteiger partial charge in [-0.05, 0) is 53.7 Å². The summed E-state index contributed by atoms with van der Waals surface area (Å²) < 4.78 is 13.8. The number of fused-ring (bicyclic) bond motifs is 1. The van der Waals surface area contributed by atoms with Gasteiger partial charge in [-0.2, -0.15) is 0 Å². The number of benzene rings is 3. The van der Waals surface area contributed by atoms with Gasteiger partial charge < -0.3 is 14.6 Å². The van der Waals surface area contributed by atoms with Crippen LogP contribution in [-0.2, 0) is 11.2 Å². The molecule has 0 saturated heterocycles. The van der Waals surface area contributed by atoms with E-state index >= 15 is 0 Å². The molecule has 0 bridgehead atoms. The molecule has 182 valence electrons. The molecule has 36 heavy (non-hydrogen) atoms. The van der Waals surface area contributed by atoms with Crippen molar-refractivity contribution in [3.63, 3.8) is 0 Å². The predicted octanol–water partition coefficient (Wildman–Crippen LogP) is 5.78. The Morgan fingerprint density at radius 1 is 0.944 bits per heavy atom. The summed E-state index contributed by atoms with van der Waals surface area (Å²) in [4.78, 5) is 15.5. The number of carboxylic acids is 1. The van der Waals surface area contributed by atoms with E-state index in [0.29, 0.717) is 18.4 Å². The zero-order chi connectivity index (χ0) is 24.7. The third-order valence-corrected chi connectivity index (χ3v) is 6.39. The van der Waals surface area contributed by atoms with E-state index in [0.717, 1.165) is 41.5 Å². The average molecular weight is 481 g/mol. The Morgan fingerprint density at radius 3 is 2.36 bits per heavy atom. The molecule has 0 radical (unpaired) electrons. The molecule has 0 spiro atoms. The number of carboxylic acid groups (broad SMARTS) is 1. The van der Waals surface area contributed by atoms with E-state index in [1.807, 2.05) is 54.7 Å². The number of rotatable bonds is 9. The summed E-state index contributed by atoms with van der Waals surface area (Å²) in [6, 6.07) is 27.0. The van der Waals surface area contributed by atoms with Gasteiger partial charge in [0.1, 0.15) is 12.4 Å². The van der Waals surface area contributed by atoms with Gasteiger partial charge in [0, 0.05) is 18.0 Å².